The van der Waals surface area contributed by atoms with Gasteiger partial charge >= 0.3 is 5.97 Å². The highest BCUT2D eigenvalue weighted by Crippen LogP contribution is 2.27. The smallest absolute Gasteiger partial charge is 0.340 e. The molecule has 2 heterocycles. The lowest BCUT2D eigenvalue weighted by Gasteiger charge is -2.39. The van der Waals surface area contributed by atoms with E-state index in [2.05, 4.69) is 9.88 Å². The van der Waals surface area contributed by atoms with Gasteiger partial charge in [-0.15, -0.1) is 0 Å². The summed E-state index contributed by atoms with van der Waals surface area (Å²) in [4.78, 5) is 18.0. The predicted octanol–water partition coefficient (Wildman–Crippen LogP) is 1.07. The van der Waals surface area contributed by atoms with Crippen LogP contribution in [0.15, 0.2) is 12.3 Å². The highest BCUT2D eigenvalue weighted by Gasteiger charge is 2.29. The first-order chi connectivity index (χ1) is 8.93. The van der Waals surface area contributed by atoms with Crippen molar-refractivity contribution in [3.8, 4) is 0 Å². The fraction of sp³-hybridized carbons (Fsp3) is 0.538. The second-order valence-electron chi connectivity index (χ2n) is 5.15. The number of hydrogen-bond acceptors (Lipinski definition) is 6. The van der Waals surface area contributed by atoms with Crippen molar-refractivity contribution in [1.29, 1.82) is 0 Å². The van der Waals surface area contributed by atoms with Crippen LogP contribution < -0.4 is 10.6 Å². The molecule has 1 aliphatic rings. The van der Waals surface area contributed by atoms with Crippen molar-refractivity contribution in [1.82, 2.24) is 4.98 Å². The number of methoxy groups -OCH3 is 1. The Balaban J connectivity index is 2.36. The van der Waals surface area contributed by atoms with E-state index in [-0.39, 0.29) is 5.60 Å². The van der Waals surface area contributed by atoms with Crippen molar-refractivity contribution in [2.24, 2.45) is 0 Å². The van der Waals surface area contributed by atoms with E-state index < -0.39 is 5.97 Å². The van der Waals surface area contributed by atoms with Gasteiger partial charge in [0.25, 0.3) is 0 Å². The number of hydrogen-bond donors (Lipinski definition) is 1. The molecule has 0 aliphatic carbocycles. The summed E-state index contributed by atoms with van der Waals surface area (Å²) in [5.41, 5.74) is 6.56. The number of morpholine rings is 1. The number of pyridine rings is 1. The molecule has 1 saturated heterocycles. The third-order valence-electron chi connectivity index (χ3n) is 3.08. The van der Waals surface area contributed by atoms with Crippen LogP contribution in [0.1, 0.15) is 24.2 Å². The van der Waals surface area contributed by atoms with Gasteiger partial charge in [-0.3, -0.25) is 0 Å². The minimum atomic E-state index is -0.409. The lowest BCUT2D eigenvalue weighted by Crippen LogP contribution is -2.48. The van der Waals surface area contributed by atoms with Gasteiger partial charge in [-0.25, -0.2) is 9.78 Å². The second kappa shape index (κ2) is 5.05. The predicted molar refractivity (Wildman–Crippen MR) is 72.2 cm³/mol. The average molecular weight is 265 g/mol. The lowest BCUT2D eigenvalue weighted by atomic mass is 10.1. The molecule has 6 nitrogen and oxygen atoms in total. The van der Waals surface area contributed by atoms with E-state index in [1.807, 2.05) is 13.8 Å². The first-order valence-electron chi connectivity index (χ1n) is 6.16. The molecule has 6 heteroatoms. The van der Waals surface area contributed by atoms with Crippen LogP contribution in [0.3, 0.4) is 0 Å². The molecule has 2 rings (SSSR count). The van der Waals surface area contributed by atoms with Crippen LogP contribution in [0.2, 0.25) is 0 Å². The van der Waals surface area contributed by atoms with Crippen LogP contribution in [0.4, 0.5) is 11.5 Å². The van der Waals surface area contributed by atoms with Crippen LogP contribution in [0.5, 0.6) is 0 Å². The van der Waals surface area contributed by atoms with Crippen molar-refractivity contribution in [2.75, 3.05) is 37.4 Å². The maximum Gasteiger partial charge on any atom is 0.340 e. The third kappa shape index (κ3) is 2.96. The molecule has 0 aromatic carbocycles. The number of rotatable bonds is 2. The van der Waals surface area contributed by atoms with Crippen LogP contribution in [-0.2, 0) is 9.47 Å². The van der Waals surface area contributed by atoms with E-state index in [1.54, 1.807) is 12.3 Å². The molecule has 19 heavy (non-hydrogen) atoms. The molecule has 1 aliphatic heterocycles. The van der Waals surface area contributed by atoms with Gasteiger partial charge in [0.15, 0.2) is 0 Å². The lowest BCUT2D eigenvalue weighted by molar-refractivity contribution is -0.0277. The van der Waals surface area contributed by atoms with E-state index in [0.29, 0.717) is 31.1 Å². The average Bonchev–Trinajstić information content (AvgIpc) is 2.36. The fourth-order valence-corrected chi connectivity index (χ4v) is 2.21. The fourth-order valence-electron chi connectivity index (χ4n) is 2.21. The molecule has 0 amide bonds. The molecular formula is C13H19N3O3. The molecule has 0 bridgehead atoms. The Kier molecular flexibility index (Phi) is 3.61. The molecule has 0 radical (unpaired) electrons. The molecular weight excluding hydrogens is 246 g/mol. The maximum atomic E-state index is 11.8. The molecule has 0 spiro atoms. The van der Waals surface area contributed by atoms with Gasteiger partial charge < -0.3 is 20.1 Å². The summed E-state index contributed by atoms with van der Waals surface area (Å²) in [5.74, 6) is -0.106. The summed E-state index contributed by atoms with van der Waals surface area (Å²) in [7, 11) is 1.35. The Bertz CT molecular complexity index is 488. The van der Waals surface area contributed by atoms with Crippen molar-refractivity contribution in [3.63, 3.8) is 0 Å². The SMILES string of the molecule is COC(=O)c1cc(N)ncc1N1CCOC(C)(C)C1. The molecule has 1 aromatic heterocycles. The van der Waals surface area contributed by atoms with Gasteiger partial charge in [0.1, 0.15) is 5.82 Å². The van der Waals surface area contributed by atoms with Crippen molar-refractivity contribution >= 4 is 17.5 Å². The number of esters is 1. The number of nitrogen functional groups attached to an aromatic ring is 1. The Labute approximate surface area is 112 Å². The highest BCUT2D eigenvalue weighted by atomic mass is 16.5. The highest BCUT2D eigenvalue weighted by molar-refractivity contribution is 5.96. The van der Waals surface area contributed by atoms with Gasteiger partial charge in [0.05, 0.1) is 36.8 Å². The summed E-state index contributed by atoms with van der Waals surface area (Å²) in [6, 6.07) is 1.55. The zero-order valence-electron chi connectivity index (χ0n) is 11.5. The third-order valence-corrected chi connectivity index (χ3v) is 3.08. The molecule has 1 fully saturated rings. The quantitative estimate of drug-likeness (QED) is 0.806. The Morgan fingerprint density at radius 3 is 2.95 bits per heavy atom. The molecule has 0 saturated carbocycles. The van der Waals surface area contributed by atoms with E-state index in [0.717, 1.165) is 5.69 Å². The van der Waals surface area contributed by atoms with Crippen LogP contribution in [0.25, 0.3) is 0 Å². The van der Waals surface area contributed by atoms with Crippen LogP contribution in [-0.4, -0.2) is 43.4 Å². The summed E-state index contributed by atoms with van der Waals surface area (Å²) in [6.07, 6.45) is 1.61. The van der Waals surface area contributed by atoms with E-state index >= 15 is 0 Å². The molecule has 104 valence electrons. The first kappa shape index (κ1) is 13.6. The van der Waals surface area contributed by atoms with Gasteiger partial charge in [-0.1, -0.05) is 0 Å². The monoisotopic (exact) mass is 265 g/mol. The Morgan fingerprint density at radius 1 is 1.58 bits per heavy atom. The number of nitrogens with two attached hydrogens (primary N) is 1. The van der Waals surface area contributed by atoms with E-state index in [1.165, 1.54) is 7.11 Å². The van der Waals surface area contributed by atoms with Crippen LogP contribution >= 0.6 is 0 Å². The second-order valence-corrected chi connectivity index (χ2v) is 5.15. The zero-order valence-corrected chi connectivity index (χ0v) is 11.5. The number of aromatic nitrogens is 1. The van der Waals surface area contributed by atoms with Gasteiger partial charge in [0.2, 0.25) is 0 Å². The van der Waals surface area contributed by atoms with E-state index in [9.17, 15) is 4.79 Å². The number of ether oxygens (including phenoxy) is 2. The summed E-state index contributed by atoms with van der Waals surface area (Å²) >= 11 is 0. The van der Waals surface area contributed by atoms with Crippen molar-refractivity contribution in [3.05, 3.63) is 17.8 Å². The number of carbonyl (C=O) groups excluding carboxylic acids is 1. The Morgan fingerprint density at radius 2 is 2.32 bits per heavy atom. The van der Waals surface area contributed by atoms with Gasteiger partial charge in [-0.2, -0.15) is 0 Å². The topological polar surface area (TPSA) is 77.7 Å². The zero-order chi connectivity index (χ0) is 14.0. The van der Waals surface area contributed by atoms with Crippen LogP contribution in [0, 0.1) is 0 Å². The summed E-state index contributed by atoms with van der Waals surface area (Å²) in [5, 5.41) is 0. The number of carbonyl (C=O) groups is 1. The number of nitrogens with zero attached hydrogens (tertiary/aromatic N) is 2. The molecule has 1 aromatic rings. The largest absolute Gasteiger partial charge is 0.465 e. The maximum absolute atomic E-state index is 11.8. The van der Waals surface area contributed by atoms with E-state index in [4.69, 9.17) is 15.2 Å². The summed E-state index contributed by atoms with van der Waals surface area (Å²) in [6.45, 7) is 6.03. The van der Waals surface area contributed by atoms with Crippen molar-refractivity contribution in [2.45, 2.75) is 19.4 Å². The van der Waals surface area contributed by atoms with Crippen molar-refractivity contribution < 1.29 is 14.3 Å². The van der Waals surface area contributed by atoms with Gasteiger partial charge in [0, 0.05) is 13.1 Å². The summed E-state index contributed by atoms with van der Waals surface area (Å²) < 4.78 is 10.5. The minimum absolute atomic E-state index is 0.257. The first-order valence-corrected chi connectivity index (χ1v) is 6.16. The normalized spacial score (nSPS) is 18.2. The molecule has 0 unspecified atom stereocenters. The standard InChI is InChI=1S/C13H19N3O3/c1-13(2)8-16(4-5-19-13)10-7-15-11(14)6-9(10)12(17)18-3/h6-7H,4-5,8H2,1-3H3,(H2,14,15). The molecule has 0 atom stereocenters. The minimum Gasteiger partial charge on any atom is -0.465 e. The Hall–Kier alpha value is -1.82. The molecule has 2 N–H and O–H groups in total. The van der Waals surface area contributed by atoms with Gasteiger partial charge in [-0.05, 0) is 19.9 Å². The number of anilines is 2.